The first-order valence-corrected chi connectivity index (χ1v) is 12.3. The van der Waals surface area contributed by atoms with Crippen LogP contribution in [-0.4, -0.2) is 19.3 Å². The summed E-state index contributed by atoms with van der Waals surface area (Å²) in [5, 5.41) is 3.67. The van der Waals surface area contributed by atoms with Gasteiger partial charge in [0.05, 0.1) is 16.0 Å². The number of carbonyl (C=O) groups is 1. The van der Waals surface area contributed by atoms with Gasteiger partial charge in [-0.2, -0.15) is 13.2 Å². The lowest BCUT2D eigenvalue weighted by Gasteiger charge is -2.11. The molecule has 6 nitrogen and oxygen atoms in total. The number of fused-ring (bicyclic) bond motifs is 2. The summed E-state index contributed by atoms with van der Waals surface area (Å²) in [7, 11) is -4.17. The zero-order valence-corrected chi connectivity index (χ0v) is 19.7. The molecule has 1 aliphatic heterocycles. The summed E-state index contributed by atoms with van der Waals surface area (Å²) < 4.78 is 66.5. The Balaban J connectivity index is 1.50. The first kappa shape index (κ1) is 23.8. The molecule has 0 fully saturated rings. The van der Waals surface area contributed by atoms with Crippen LogP contribution < -0.4 is 10.0 Å². The SMILES string of the molecule is O=C1Nc2ccc(S(=O)(=O)Nc3ccc(C(F)(F)F)cc3)cc2C1=Cc1cc2ccccc2nc1Cl. The number of aromatic nitrogens is 1. The van der Waals surface area contributed by atoms with Crippen molar-refractivity contribution in [3.8, 4) is 0 Å². The number of carbonyl (C=O) groups excluding carboxylic acids is 1. The highest BCUT2D eigenvalue weighted by molar-refractivity contribution is 7.92. The molecule has 182 valence electrons. The van der Waals surface area contributed by atoms with Gasteiger partial charge in [-0.15, -0.1) is 0 Å². The lowest BCUT2D eigenvalue weighted by Crippen LogP contribution is -2.13. The van der Waals surface area contributed by atoms with Gasteiger partial charge in [0.1, 0.15) is 5.15 Å². The molecule has 0 spiro atoms. The van der Waals surface area contributed by atoms with Crippen LogP contribution in [0.15, 0.2) is 77.7 Å². The highest BCUT2D eigenvalue weighted by atomic mass is 35.5. The molecule has 11 heteroatoms. The maximum Gasteiger partial charge on any atom is 0.416 e. The minimum absolute atomic E-state index is 0.0394. The third kappa shape index (κ3) is 4.52. The Kier molecular flexibility index (Phi) is 5.73. The molecule has 4 aromatic rings. The number of hydrogen-bond acceptors (Lipinski definition) is 4. The standard InChI is InChI=1S/C25H15ClF3N3O3S/c26-23-15(11-14-3-1-2-4-21(14)30-23)12-20-19-13-18(9-10-22(19)31-24(20)33)36(34,35)32-17-7-5-16(6-8-17)25(27,28)29/h1-13,32H,(H,31,33). The van der Waals surface area contributed by atoms with E-state index in [-0.39, 0.29) is 21.3 Å². The predicted molar refractivity (Wildman–Crippen MR) is 132 cm³/mol. The topological polar surface area (TPSA) is 88.2 Å². The van der Waals surface area contributed by atoms with E-state index in [0.29, 0.717) is 22.3 Å². The van der Waals surface area contributed by atoms with Gasteiger partial charge < -0.3 is 5.32 Å². The number of sulfonamides is 1. The summed E-state index contributed by atoms with van der Waals surface area (Å²) in [5.74, 6) is -0.445. The molecule has 1 aliphatic rings. The van der Waals surface area contributed by atoms with Gasteiger partial charge in [0.2, 0.25) is 0 Å². The molecule has 2 N–H and O–H groups in total. The van der Waals surface area contributed by atoms with Gasteiger partial charge in [-0.3, -0.25) is 9.52 Å². The minimum Gasteiger partial charge on any atom is -0.321 e. The van der Waals surface area contributed by atoms with Crippen LogP contribution in [0.3, 0.4) is 0 Å². The molecule has 1 amide bonds. The minimum atomic E-state index is -4.54. The van der Waals surface area contributed by atoms with Crippen LogP contribution in [0.25, 0.3) is 22.6 Å². The average Bonchev–Trinajstić information content (AvgIpc) is 3.13. The van der Waals surface area contributed by atoms with Crippen LogP contribution in [0.5, 0.6) is 0 Å². The van der Waals surface area contributed by atoms with Gasteiger partial charge in [-0.25, -0.2) is 13.4 Å². The molecule has 0 saturated carbocycles. The molecule has 3 aromatic carbocycles. The Morgan fingerprint density at radius 1 is 0.972 bits per heavy atom. The van der Waals surface area contributed by atoms with E-state index in [4.69, 9.17) is 11.6 Å². The number of anilines is 2. The highest BCUT2D eigenvalue weighted by Gasteiger charge is 2.30. The smallest absolute Gasteiger partial charge is 0.321 e. The van der Waals surface area contributed by atoms with E-state index >= 15 is 0 Å². The second-order valence-electron chi connectivity index (χ2n) is 7.96. The van der Waals surface area contributed by atoms with E-state index < -0.39 is 27.7 Å². The Labute approximate surface area is 208 Å². The number of hydrogen-bond donors (Lipinski definition) is 2. The van der Waals surface area contributed by atoms with E-state index in [9.17, 15) is 26.4 Å². The lowest BCUT2D eigenvalue weighted by molar-refractivity contribution is -0.137. The summed E-state index contributed by atoms with van der Waals surface area (Å²) in [4.78, 5) is 16.8. The van der Waals surface area contributed by atoms with Crippen molar-refractivity contribution in [2.45, 2.75) is 11.1 Å². The molecule has 0 saturated heterocycles. The molecule has 0 unspecified atom stereocenters. The van der Waals surface area contributed by atoms with Crippen LogP contribution >= 0.6 is 11.6 Å². The van der Waals surface area contributed by atoms with Crippen molar-refractivity contribution in [1.29, 1.82) is 0 Å². The van der Waals surface area contributed by atoms with E-state index in [0.717, 1.165) is 29.7 Å². The van der Waals surface area contributed by atoms with Crippen molar-refractivity contribution in [3.05, 3.63) is 94.6 Å². The van der Waals surface area contributed by atoms with Crippen molar-refractivity contribution >= 4 is 61.5 Å². The second-order valence-corrected chi connectivity index (χ2v) is 10.0. The molecule has 0 bridgehead atoms. The van der Waals surface area contributed by atoms with E-state index in [1.165, 1.54) is 24.3 Å². The Bertz CT molecular complexity index is 1670. The number of rotatable bonds is 4. The fourth-order valence-electron chi connectivity index (χ4n) is 3.78. The van der Waals surface area contributed by atoms with Crippen molar-refractivity contribution in [3.63, 3.8) is 0 Å². The highest BCUT2D eigenvalue weighted by Crippen LogP contribution is 2.36. The molecule has 5 rings (SSSR count). The molecule has 2 heterocycles. The number of benzene rings is 3. The lowest BCUT2D eigenvalue weighted by atomic mass is 10.0. The number of para-hydroxylation sites is 1. The Morgan fingerprint density at radius 2 is 1.69 bits per heavy atom. The second kappa shape index (κ2) is 8.65. The molecule has 0 radical (unpaired) electrons. The maximum atomic E-state index is 12.9. The van der Waals surface area contributed by atoms with Crippen LogP contribution in [0.1, 0.15) is 16.7 Å². The number of nitrogens with zero attached hydrogens (tertiary/aromatic N) is 1. The van der Waals surface area contributed by atoms with E-state index in [1.807, 2.05) is 18.2 Å². The first-order chi connectivity index (χ1) is 17.0. The average molecular weight is 530 g/mol. The van der Waals surface area contributed by atoms with Gasteiger partial charge in [-0.05, 0) is 60.7 Å². The number of alkyl halides is 3. The fraction of sp³-hybridized carbons (Fsp3) is 0.0400. The normalized spacial score (nSPS) is 14.7. The third-order valence-electron chi connectivity index (χ3n) is 5.55. The zero-order chi connectivity index (χ0) is 25.7. The van der Waals surface area contributed by atoms with Crippen LogP contribution in [-0.2, 0) is 21.0 Å². The Hall–Kier alpha value is -3.89. The molecule has 0 atom stereocenters. The molecule has 1 aromatic heterocycles. The fourth-order valence-corrected chi connectivity index (χ4v) is 5.07. The van der Waals surface area contributed by atoms with Crippen molar-refractivity contribution in [1.82, 2.24) is 4.98 Å². The van der Waals surface area contributed by atoms with Crippen LogP contribution in [0.4, 0.5) is 24.5 Å². The van der Waals surface area contributed by atoms with E-state index in [2.05, 4.69) is 15.0 Å². The maximum absolute atomic E-state index is 12.9. The Morgan fingerprint density at radius 3 is 2.42 bits per heavy atom. The summed E-state index contributed by atoms with van der Waals surface area (Å²) >= 11 is 6.33. The predicted octanol–water partition coefficient (Wildman–Crippen LogP) is 6.20. The molecular weight excluding hydrogens is 515 g/mol. The molecule has 0 aliphatic carbocycles. The van der Waals surface area contributed by atoms with Gasteiger partial charge in [-0.1, -0.05) is 29.8 Å². The van der Waals surface area contributed by atoms with Gasteiger partial charge >= 0.3 is 6.18 Å². The number of halogens is 4. The van der Waals surface area contributed by atoms with Gasteiger partial charge in [0.15, 0.2) is 0 Å². The third-order valence-corrected chi connectivity index (χ3v) is 7.23. The van der Waals surface area contributed by atoms with Crippen LogP contribution in [0, 0.1) is 0 Å². The van der Waals surface area contributed by atoms with Crippen molar-refractivity contribution in [2.24, 2.45) is 0 Å². The first-order valence-electron chi connectivity index (χ1n) is 10.4. The monoisotopic (exact) mass is 529 g/mol. The summed E-state index contributed by atoms with van der Waals surface area (Å²) in [6.07, 6.45) is -3.01. The van der Waals surface area contributed by atoms with Crippen molar-refractivity contribution < 1.29 is 26.4 Å². The van der Waals surface area contributed by atoms with E-state index in [1.54, 1.807) is 12.1 Å². The summed E-state index contributed by atoms with van der Waals surface area (Å²) in [6.45, 7) is 0. The van der Waals surface area contributed by atoms with Crippen LogP contribution in [0.2, 0.25) is 5.15 Å². The number of nitrogens with one attached hydrogen (secondary N) is 2. The van der Waals surface area contributed by atoms with Crippen molar-refractivity contribution in [2.75, 3.05) is 10.0 Å². The van der Waals surface area contributed by atoms with Gasteiger partial charge in [0.25, 0.3) is 15.9 Å². The molecular formula is C25H15ClF3N3O3S. The largest absolute Gasteiger partial charge is 0.416 e. The zero-order valence-electron chi connectivity index (χ0n) is 18.1. The summed E-state index contributed by atoms with van der Waals surface area (Å²) in [5.41, 5.74) is 1.15. The number of amides is 1. The number of pyridine rings is 1. The molecule has 36 heavy (non-hydrogen) atoms. The summed E-state index contributed by atoms with van der Waals surface area (Å²) in [6, 6.07) is 16.8. The quantitative estimate of drug-likeness (QED) is 0.243. The van der Waals surface area contributed by atoms with Gasteiger partial charge in [0, 0.05) is 33.5 Å².